The lowest BCUT2D eigenvalue weighted by molar-refractivity contribution is 0.784. The van der Waals surface area contributed by atoms with E-state index in [9.17, 15) is 0 Å². The molecule has 0 amide bonds. The van der Waals surface area contributed by atoms with Gasteiger partial charge in [0.05, 0.1) is 22.8 Å². The van der Waals surface area contributed by atoms with E-state index < -0.39 is 8.07 Å². The molecule has 1 aliphatic rings. The normalized spacial score (nSPS) is 17.6. The minimum absolute atomic E-state index is 0.118. The van der Waals surface area contributed by atoms with Crippen LogP contribution in [-0.4, -0.2) is 28.0 Å². The fourth-order valence-corrected chi connectivity index (χ4v) is 10.9. The van der Waals surface area contributed by atoms with E-state index in [2.05, 4.69) is 120 Å². The lowest BCUT2D eigenvalue weighted by Crippen LogP contribution is -2.36. The molecule has 2 unspecified atom stereocenters. The van der Waals surface area contributed by atoms with E-state index >= 15 is 0 Å². The van der Waals surface area contributed by atoms with Crippen LogP contribution < -0.4 is 0 Å². The van der Waals surface area contributed by atoms with E-state index in [1.807, 2.05) is 48.8 Å². The summed E-state index contributed by atoms with van der Waals surface area (Å²) in [4.78, 5) is 19.9. The minimum atomic E-state index is -2.31. The van der Waals surface area contributed by atoms with Gasteiger partial charge in [0.1, 0.15) is 0 Å². The highest BCUT2D eigenvalue weighted by Gasteiger charge is 2.44. The Morgan fingerprint density at radius 2 is 1.02 bits per heavy atom. The van der Waals surface area contributed by atoms with Crippen LogP contribution in [0.1, 0.15) is 34.0 Å². The molecule has 2 atom stereocenters. The smallest absolute Gasteiger partial charge is 0.0892 e. The van der Waals surface area contributed by atoms with Gasteiger partial charge in [0.15, 0.2) is 0 Å². The van der Waals surface area contributed by atoms with Crippen LogP contribution in [0, 0.1) is 0 Å². The summed E-state index contributed by atoms with van der Waals surface area (Å²) in [7, 11) is -2.31. The van der Waals surface area contributed by atoms with Gasteiger partial charge in [-0.05, 0) is 65.6 Å². The summed E-state index contributed by atoms with van der Waals surface area (Å²) in [5.41, 5.74) is 9.77. The van der Waals surface area contributed by atoms with Crippen LogP contribution in [0.2, 0.25) is 13.1 Å². The van der Waals surface area contributed by atoms with E-state index in [4.69, 9.17) is 9.97 Å². The van der Waals surface area contributed by atoms with E-state index in [0.29, 0.717) is 0 Å². The maximum atomic E-state index is 5.33. The quantitative estimate of drug-likeness (QED) is 0.187. The molecule has 2 aromatic carbocycles. The Bertz CT molecular complexity index is 1890. The first-order valence-electron chi connectivity index (χ1n) is 14.7. The molecule has 7 rings (SSSR count). The van der Waals surface area contributed by atoms with Gasteiger partial charge in [0, 0.05) is 23.8 Å². The Morgan fingerprint density at radius 3 is 1.65 bits per heavy atom. The molecular formula is C38H32N4Si-. The predicted octanol–water partition coefficient (Wildman–Crippen LogP) is 8.88. The summed E-state index contributed by atoms with van der Waals surface area (Å²) >= 11 is 0. The summed E-state index contributed by atoms with van der Waals surface area (Å²) in [5.74, 6) is 0.118. The summed E-state index contributed by atoms with van der Waals surface area (Å²) < 4.78 is 0. The molecule has 5 heteroatoms. The lowest BCUT2D eigenvalue weighted by atomic mass is 9.82. The molecule has 0 N–H and O–H groups in total. The molecule has 5 heterocycles. The molecule has 4 aromatic heterocycles. The molecular weight excluding hydrogens is 541 g/mol. The van der Waals surface area contributed by atoms with Crippen molar-refractivity contribution in [1.29, 1.82) is 0 Å². The molecule has 6 aromatic rings. The Balaban J connectivity index is 1.49. The highest BCUT2D eigenvalue weighted by molar-refractivity contribution is 6.98. The van der Waals surface area contributed by atoms with Crippen molar-refractivity contribution in [1.82, 2.24) is 19.9 Å². The number of rotatable bonds is 6. The molecule has 0 aliphatic carbocycles. The van der Waals surface area contributed by atoms with Gasteiger partial charge in [0.2, 0.25) is 0 Å². The largest absolute Gasteiger partial charge is 0.255 e. The zero-order chi connectivity index (χ0) is 29.2. The number of pyridine rings is 4. The van der Waals surface area contributed by atoms with Crippen molar-refractivity contribution in [2.75, 3.05) is 0 Å². The Kier molecular flexibility index (Phi) is 7.09. The van der Waals surface area contributed by atoms with Gasteiger partial charge in [0.25, 0.3) is 0 Å². The van der Waals surface area contributed by atoms with Crippen LogP contribution in [0.4, 0.5) is 0 Å². The van der Waals surface area contributed by atoms with E-state index in [1.54, 1.807) is 0 Å². The van der Waals surface area contributed by atoms with Crippen molar-refractivity contribution in [3.8, 4) is 22.8 Å². The van der Waals surface area contributed by atoms with Crippen LogP contribution in [-0.2, 0) is 0 Å². The standard InChI is InChI=1S/C38H32N4Si/c1-43(2)37(33-23-13-21-31(41-33)29-19-9-11-25-39-29)35(27-15-5-3-6-16-27)36(28-17-7-4-8-18-28)38(43)34-24-14-22-32(42-34)30-20-10-12-26-40-30/h3-26,35,37H,1-2H3/q-1. The molecule has 209 valence electrons. The van der Waals surface area contributed by atoms with Gasteiger partial charge < -0.3 is 0 Å². The molecule has 4 nitrogen and oxygen atoms in total. The zero-order valence-electron chi connectivity index (χ0n) is 24.3. The van der Waals surface area contributed by atoms with Crippen molar-refractivity contribution in [2.45, 2.75) is 24.6 Å². The molecule has 0 radical (unpaired) electrons. The first-order chi connectivity index (χ1) is 21.1. The molecule has 0 fully saturated rings. The number of hydrogen-bond donors (Lipinski definition) is 0. The Morgan fingerprint density at radius 1 is 0.488 bits per heavy atom. The van der Waals surface area contributed by atoms with Gasteiger partial charge in [-0.3, -0.25) is 15.0 Å². The number of benzene rings is 2. The maximum Gasteiger partial charge on any atom is 0.0892 e. The third kappa shape index (κ3) is 5.02. The summed E-state index contributed by atoms with van der Waals surface area (Å²) in [5, 5.41) is 1.38. The van der Waals surface area contributed by atoms with Gasteiger partial charge in [-0.1, -0.05) is 96.0 Å². The Hall–Kier alpha value is -5.00. The zero-order valence-corrected chi connectivity index (χ0v) is 25.3. The van der Waals surface area contributed by atoms with Crippen molar-refractivity contribution < 1.29 is 0 Å². The molecule has 0 saturated carbocycles. The van der Waals surface area contributed by atoms with Crippen LogP contribution in [0.3, 0.4) is 0 Å². The van der Waals surface area contributed by atoms with Gasteiger partial charge >= 0.3 is 0 Å². The second-order valence-corrected chi connectivity index (χ2v) is 16.1. The third-order valence-corrected chi connectivity index (χ3v) is 12.5. The van der Waals surface area contributed by atoms with Crippen LogP contribution in [0.25, 0.3) is 33.5 Å². The van der Waals surface area contributed by atoms with Crippen molar-refractivity contribution in [2.24, 2.45) is 0 Å². The highest BCUT2D eigenvalue weighted by Crippen LogP contribution is 2.59. The van der Waals surface area contributed by atoms with Gasteiger partial charge in [-0.2, -0.15) is 18.3 Å². The second kappa shape index (κ2) is 11.3. The fraction of sp³-hybridized carbons (Fsp3) is 0.105. The molecule has 0 spiro atoms. The molecule has 1 aliphatic heterocycles. The fourth-order valence-electron chi connectivity index (χ4n) is 6.72. The average molecular weight is 573 g/mol. The number of allylic oxidation sites excluding steroid dienone is 1. The monoisotopic (exact) mass is 572 g/mol. The minimum Gasteiger partial charge on any atom is -0.255 e. The van der Waals surface area contributed by atoms with E-state index in [-0.39, 0.29) is 11.5 Å². The maximum absolute atomic E-state index is 5.33. The van der Waals surface area contributed by atoms with Crippen molar-refractivity contribution in [3.63, 3.8) is 0 Å². The van der Waals surface area contributed by atoms with Crippen molar-refractivity contribution >= 4 is 18.8 Å². The van der Waals surface area contributed by atoms with Gasteiger partial charge in [-0.15, -0.1) is 8.07 Å². The summed E-state index contributed by atoms with van der Waals surface area (Å²) in [6, 6.07) is 46.6. The first-order valence-corrected chi connectivity index (χ1v) is 17.8. The number of aromatic nitrogens is 4. The highest BCUT2D eigenvalue weighted by atomic mass is 28.3. The van der Waals surface area contributed by atoms with Crippen LogP contribution in [0.15, 0.2) is 146 Å². The van der Waals surface area contributed by atoms with E-state index in [1.165, 1.54) is 21.9 Å². The first kappa shape index (κ1) is 26.9. The van der Waals surface area contributed by atoms with Gasteiger partial charge in [-0.25, -0.2) is 4.98 Å². The summed E-state index contributed by atoms with van der Waals surface area (Å²) in [6.45, 7) is 4.98. The number of nitrogens with zero attached hydrogens (tertiary/aromatic N) is 4. The summed E-state index contributed by atoms with van der Waals surface area (Å²) in [6.07, 6.45) is 3.66. The van der Waals surface area contributed by atoms with E-state index in [0.717, 1.165) is 34.2 Å². The predicted molar refractivity (Wildman–Crippen MR) is 178 cm³/mol. The molecule has 0 bridgehead atoms. The Labute approximate surface area is 253 Å². The third-order valence-electron chi connectivity index (χ3n) is 8.53. The average Bonchev–Trinajstić information content (AvgIpc) is 3.33. The lowest BCUT2D eigenvalue weighted by Gasteiger charge is -2.42. The molecule has 0 saturated heterocycles. The second-order valence-electron chi connectivity index (χ2n) is 11.5. The van der Waals surface area contributed by atoms with Crippen LogP contribution >= 0.6 is 0 Å². The SMILES string of the molecule is C[Si-]1(C)C(c2cccc(-c3ccccn3)n2)=C(c2ccccc2)C(c2ccccc2)C1c1cccc(-c2ccccn2)n1. The van der Waals surface area contributed by atoms with Crippen molar-refractivity contribution in [3.05, 3.63) is 168 Å². The number of hydrogen-bond acceptors (Lipinski definition) is 4. The topological polar surface area (TPSA) is 51.6 Å². The van der Waals surface area contributed by atoms with Crippen LogP contribution in [0.5, 0.6) is 0 Å². The molecule has 43 heavy (non-hydrogen) atoms.